The van der Waals surface area contributed by atoms with E-state index < -0.39 is 0 Å². The van der Waals surface area contributed by atoms with Gasteiger partial charge in [0.1, 0.15) is 0 Å². The topological polar surface area (TPSA) is 12.5 Å². The molecule has 3 aliphatic carbocycles. The number of hydrogen-bond donors (Lipinski definition) is 0. The standard InChI is InChI=1S/C21H23NO/c1-22-13-15(23-14-22)12-21-11-10-16(17-6-2-4-8-19(17)21)18-7-3-5-9-20(18)21/h2-9,15-16H,10-14H2,1H3. The van der Waals surface area contributed by atoms with Crippen molar-refractivity contribution in [3.63, 3.8) is 0 Å². The number of ether oxygens (including phenoxy) is 1. The fourth-order valence-corrected chi connectivity index (χ4v) is 5.28. The van der Waals surface area contributed by atoms with Gasteiger partial charge in [-0.3, -0.25) is 4.90 Å². The fourth-order valence-electron chi connectivity index (χ4n) is 5.28. The second kappa shape index (κ2) is 4.93. The van der Waals surface area contributed by atoms with Gasteiger partial charge in [-0.15, -0.1) is 0 Å². The molecule has 1 unspecified atom stereocenters. The van der Waals surface area contributed by atoms with Gasteiger partial charge in [-0.1, -0.05) is 48.5 Å². The van der Waals surface area contributed by atoms with Crippen LogP contribution in [-0.2, 0) is 10.2 Å². The largest absolute Gasteiger partial charge is 0.361 e. The van der Waals surface area contributed by atoms with Crippen LogP contribution in [0.5, 0.6) is 0 Å². The average Bonchev–Trinajstić information content (AvgIpc) is 3.00. The summed E-state index contributed by atoms with van der Waals surface area (Å²) in [7, 11) is 2.15. The summed E-state index contributed by atoms with van der Waals surface area (Å²) in [5, 5.41) is 0. The molecule has 1 heterocycles. The summed E-state index contributed by atoms with van der Waals surface area (Å²) in [6, 6.07) is 18.3. The third-order valence-corrected chi connectivity index (χ3v) is 6.19. The molecule has 0 spiro atoms. The molecule has 2 aromatic rings. The van der Waals surface area contributed by atoms with Gasteiger partial charge in [0.25, 0.3) is 0 Å². The first-order valence-corrected chi connectivity index (χ1v) is 8.77. The molecule has 1 aliphatic heterocycles. The van der Waals surface area contributed by atoms with E-state index in [2.05, 4.69) is 60.5 Å². The van der Waals surface area contributed by atoms with Gasteiger partial charge < -0.3 is 4.74 Å². The van der Waals surface area contributed by atoms with Gasteiger partial charge in [0, 0.05) is 17.9 Å². The SMILES string of the molecule is CN1COC(CC23CCC(c4ccccc42)c2ccccc23)C1. The van der Waals surface area contributed by atoms with Gasteiger partial charge in [-0.05, 0) is 48.6 Å². The maximum Gasteiger partial charge on any atom is 0.0993 e. The molecule has 1 atom stereocenters. The Morgan fingerprint density at radius 1 is 1.04 bits per heavy atom. The van der Waals surface area contributed by atoms with E-state index in [0.717, 1.165) is 19.7 Å². The molecular formula is C21H23NO. The van der Waals surface area contributed by atoms with E-state index >= 15 is 0 Å². The summed E-state index contributed by atoms with van der Waals surface area (Å²) in [6.07, 6.45) is 3.99. The number of nitrogens with zero attached hydrogens (tertiary/aromatic N) is 1. The molecule has 2 bridgehead atoms. The minimum atomic E-state index is 0.151. The lowest BCUT2D eigenvalue weighted by molar-refractivity contribution is 0.0738. The Hall–Kier alpha value is -1.64. The normalized spacial score (nSPS) is 31.9. The molecule has 2 heteroatoms. The van der Waals surface area contributed by atoms with Gasteiger partial charge in [-0.25, -0.2) is 0 Å². The predicted octanol–water partition coefficient (Wildman–Crippen LogP) is 3.89. The summed E-state index contributed by atoms with van der Waals surface area (Å²) in [6.45, 7) is 1.82. The van der Waals surface area contributed by atoms with Crippen molar-refractivity contribution < 1.29 is 4.74 Å². The minimum Gasteiger partial charge on any atom is -0.361 e. The highest BCUT2D eigenvalue weighted by Gasteiger charge is 2.49. The molecule has 0 radical (unpaired) electrons. The van der Waals surface area contributed by atoms with Crippen LogP contribution in [0.15, 0.2) is 48.5 Å². The predicted molar refractivity (Wildman–Crippen MR) is 91.7 cm³/mol. The zero-order valence-electron chi connectivity index (χ0n) is 13.7. The second-order valence-corrected chi connectivity index (χ2v) is 7.51. The van der Waals surface area contributed by atoms with Crippen LogP contribution < -0.4 is 0 Å². The lowest BCUT2D eigenvalue weighted by Crippen LogP contribution is -2.43. The fraction of sp³-hybridized carbons (Fsp3) is 0.429. The first-order valence-electron chi connectivity index (χ1n) is 8.77. The first-order chi connectivity index (χ1) is 11.3. The molecule has 23 heavy (non-hydrogen) atoms. The highest BCUT2D eigenvalue weighted by Crippen LogP contribution is 2.58. The molecule has 1 fully saturated rings. The molecule has 0 amide bonds. The molecule has 118 valence electrons. The van der Waals surface area contributed by atoms with E-state index in [4.69, 9.17) is 4.74 Å². The van der Waals surface area contributed by atoms with Crippen molar-refractivity contribution in [2.45, 2.75) is 36.7 Å². The van der Waals surface area contributed by atoms with Gasteiger partial charge in [-0.2, -0.15) is 0 Å². The smallest absolute Gasteiger partial charge is 0.0993 e. The average molecular weight is 305 g/mol. The summed E-state index contributed by atoms with van der Waals surface area (Å²) in [4.78, 5) is 2.29. The molecule has 1 saturated heterocycles. The van der Waals surface area contributed by atoms with Gasteiger partial charge in [0.15, 0.2) is 0 Å². The van der Waals surface area contributed by atoms with Crippen LogP contribution in [0.1, 0.15) is 47.4 Å². The van der Waals surface area contributed by atoms with Crippen LogP contribution in [0.25, 0.3) is 0 Å². The van der Waals surface area contributed by atoms with Crippen molar-refractivity contribution in [2.75, 3.05) is 20.3 Å². The highest BCUT2D eigenvalue weighted by molar-refractivity contribution is 5.59. The van der Waals surface area contributed by atoms with Crippen molar-refractivity contribution in [3.05, 3.63) is 70.8 Å². The Balaban J connectivity index is 1.67. The lowest BCUT2D eigenvalue weighted by atomic mass is 9.53. The summed E-state index contributed by atoms with van der Waals surface area (Å²) in [5.74, 6) is 0.594. The van der Waals surface area contributed by atoms with Crippen molar-refractivity contribution in [1.29, 1.82) is 0 Å². The quantitative estimate of drug-likeness (QED) is 0.834. The van der Waals surface area contributed by atoms with E-state index in [-0.39, 0.29) is 5.41 Å². The number of benzene rings is 2. The van der Waals surface area contributed by atoms with Crippen molar-refractivity contribution in [3.8, 4) is 0 Å². The van der Waals surface area contributed by atoms with E-state index in [1.807, 2.05) is 0 Å². The number of likely N-dealkylation sites (N-methyl/N-ethyl adjacent to an activating group) is 1. The zero-order valence-corrected chi connectivity index (χ0v) is 13.7. The maximum absolute atomic E-state index is 6.07. The van der Waals surface area contributed by atoms with Crippen molar-refractivity contribution >= 4 is 0 Å². The first kappa shape index (κ1) is 13.8. The molecule has 2 aromatic carbocycles. The highest BCUT2D eigenvalue weighted by atomic mass is 16.5. The van der Waals surface area contributed by atoms with Crippen LogP contribution in [0.2, 0.25) is 0 Å². The molecular weight excluding hydrogens is 282 g/mol. The maximum atomic E-state index is 6.07. The number of hydrogen-bond acceptors (Lipinski definition) is 2. The summed E-state index contributed by atoms with van der Waals surface area (Å²) >= 11 is 0. The van der Waals surface area contributed by atoms with Crippen LogP contribution >= 0.6 is 0 Å². The Kier molecular flexibility index (Phi) is 2.95. The van der Waals surface area contributed by atoms with Gasteiger partial charge >= 0.3 is 0 Å². The molecule has 6 rings (SSSR count). The molecule has 0 N–H and O–H groups in total. The Morgan fingerprint density at radius 3 is 2.30 bits per heavy atom. The van der Waals surface area contributed by atoms with E-state index in [1.165, 1.54) is 12.8 Å². The Labute approximate surface area is 138 Å². The van der Waals surface area contributed by atoms with E-state index in [9.17, 15) is 0 Å². The molecule has 4 aliphatic rings. The monoisotopic (exact) mass is 305 g/mol. The van der Waals surface area contributed by atoms with Crippen LogP contribution in [0, 0.1) is 0 Å². The van der Waals surface area contributed by atoms with Gasteiger partial charge in [0.05, 0.1) is 12.8 Å². The van der Waals surface area contributed by atoms with E-state index in [0.29, 0.717) is 12.0 Å². The molecule has 0 saturated carbocycles. The van der Waals surface area contributed by atoms with Gasteiger partial charge in [0.2, 0.25) is 0 Å². The lowest BCUT2D eigenvalue weighted by Gasteiger charge is -2.50. The summed E-state index contributed by atoms with van der Waals surface area (Å²) < 4.78 is 6.07. The minimum absolute atomic E-state index is 0.151. The van der Waals surface area contributed by atoms with E-state index in [1.54, 1.807) is 22.3 Å². The summed E-state index contributed by atoms with van der Waals surface area (Å²) in [5.41, 5.74) is 6.39. The molecule has 2 nitrogen and oxygen atoms in total. The third kappa shape index (κ3) is 1.88. The molecule has 0 aromatic heterocycles. The van der Waals surface area contributed by atoms with Crippen LogP contribution in [0.4, 0.5) is 0 Å². The van der Waals surface area contributed by atoms with Crippen LogP contribution in [0.3, 0.4) is 0 Å². The Morgan fingerprint density at radius 2 is 1.70 bits per heavy atom. The zero-order chi connectivity index (χ0) is 15.4. The van der Waals surface area contributed by atoms with Crippen molar-refractivity contribution in [1.82, 2.24) is 4.90 Å². The third-order valence-electron chi connectivity index (χ3n) is 6.19. The van der Waals surface area contributed by atoms with Crippen LogP contribution in [-0.4, -0.2) is 31.3 Å². The second-order valence-electron chi connectivity index (χ2n) is 7.51. The number of rotatable bonds is 2. The van der Waals surface area contributed by atoms with Crippen molar-refractivity contribution in [2.24, 2.45) is 0 Å². The number of fused-ring (bicyclic) bond motifs is 1. The Bertz CT molecular complexity index is 706.